The molecule has 0 spiro atoms. The summed E-state index contributed by atoms with van der Waals surface area (Å²) in [5.74, 6) is -0.300. The maximum atomic E-state index is 10.9. The van der Waals surface area contributed by atoms with Crippen molar-refractivity contribution in [3.63, 3.8) is 0 Å². The highest BCUT2D eigenvalue weighted by atomic mass is 16.5. The highest BCUT2D eigenvalue weighted by molar-refractivity contribution is 5.81. The molecule has 0 fully saturated rings. The maximum Gasteiger partial charge on any atom is 0.373 e. The summed E-state index contributed by atoms with van der Waals surface area (Å²) in [4.78, 5) is 27.2. The van der Waals surface area contributed by atoms with Crippen LogP contribution in [0.3, 0.4) is 0 Å². The van der Waals surface area contributed by atoms with Crippen LogP contribution in [0.25, 0.3) is 0 Å². The minimum absolute atomic E-state index is 0.250. The Labute approximate surface area is 93.5 Å². The van der Waals surface area contributed by atoms with Crippen molar-refractivity contribution in [2.75, 3.05) is 0 Å². The molecular formula is C12H12O4. The van der Waals surface area contributed by atoms with E-state index in [0.717, 1.165) is 5.56 Å². The standard InChI is InChI=1S/C11H12O2.CO2/c1-2-6-11(12)13-9-10-7-4-3-5-8-10;2-1-3/h2-8H,9H2,1H3;/b6-2+;. The van der Waals surface area contributed by atoms with Gasteiger partial charge in [0.15, 0.2) is 0 Å². The number of rotatable bonds is 3. The second-order valence-corrected chi connectivity index (χ2v) is 2.68. The predicted molar refractivity (Wildman–Crippen MR) is 56.1 cm³/mol. The Morgan fingerprint density at radius 1 is 1.31 bits per heavy atom. The third-order valence-corrected chi connectivity index (χ3v) is 1.53. The Bertz CT molecular complexity index is 362. The summed E-state index contributed by atoms with van der Waals surface area (Å²) in [6, 6.07) is 9.60. The van der Waals surface area contributed by atoms with Gasteiger partial charge in [0.2, 0.25) is 0 Å². The topological polar surface area (TPSA) is 60.4 Å². The van der Waals surface area contributed by atoms with Gasteiger partial charge in [0.1, 0.15) is 6.61 Å². The predicted octanol–water partition coefficient (Wildman–Crippen LogP) is 1.72. The van der Waals surface area contributed by atoms with Crippen LogP contribution in [0.1, 0.15) is 12.5 Å². The van der Waals surface area contributed by atoms with Gasteiger partial charge in [-0.15, -0.1) is 0 Å². The van der Waals surface area contributed by atoms with E-state index in [1.165, 1.54) is 6.08 Å². The summed E-state index contributed by atoms with van der Waals surface area (Å²) in [6.45, 7) is 2.12. The zero-order chi connectivity index (χ0) is 12.2. The lowest BCUT2D eigenvalue weighted by molar-refractivity contribution is -0.191. The van der Waals surface area contributed by atoms with Crippen molar-refractivity contribution in [1.82, 2.24) is 0 Å². The maximum absolute atomic E-state index is 10.9. The number of ether oxygens (including phenoxy) is 1. The molecule has 0 amide bonds. The van der Waals surface area contributed by atoms with Gasteiger partial charge in [-0.25, -0.2) is 4.79 Å². The van der Waals surface area contributed by atoms with Gasteiger partial charge in [-0.3, -0.25) is 0 Å². The summed E-state index contributed by atoms with van der Waals surface area (Å²) in [5.41, 5.74) is 1.00. The number of benzene rings is 1. The SMILES string of the molecule is C/C=C/C(=O)OCc1ccccc1.O=C=O. The Morgan fingerprint density at radius 2 is 1.88 bits per heavy atom. The zero-order valence-corrected chi connectivity index (χ0v) is 8.88. The highest BCUT2D eigenvalue weighted by Crippen LogP contribution is 2.00. The molecule has 0 aromatic heterocycles. The average molecular weight is 220 g/mol. The first-order valence-electron chi connectivity index (χ1n) is 4.57. The minimum Gasteiger partial charge on any atom is -0.458 e. The largest absolute Gasteiger partial charge is 0.458 e. The molecule has 0 saturated heterocycles. The molecule has 0 N–H and O–H groups in total. The monoisotopic (exact) mass is 220 g/mol. The van der Waals surface area contributed by atoms with Gasteiger partial charge in [-0.1, -0.05) is 36.4 Å². The number of hydrogen-bond donors (Lipinski definition) is 0. The van der Waals surface area contributed by atoms with E-state index >= 15 is 0 Å². The van der Waals surface area contributed by atoms with E-state index in [1.807, 2.05) is 30.3 Å². The molecular weight excluding hydrogens is 208 g/mol. The molecule has 1 rings (SSSR count). The Morgan fingerprint density at radius 3 is 2.38 bits per heavy atom. The quantitative estimate of drug-likeness (QED) is 0.574. The number of allylic oxidation sites excluding steroid dienone is 1. The molecule has 0 saturated carbocycles. The van der Waals surface area contributed by atoms with Crippen LogP contribution in [-0.4, -0.2) is 12.1 Å². The number of carbonyl (C=O) groups is 1. The van der Waals surface area contributed by atoms with Crippen molar-refractivity contribution in [3.8, 4) is 0 Å². The van der Waals surface area contributed by atoms with Crippen LogP contribution in [0, 0.1) is 0 Å². The molecule has 0 atom stereocenters. The molecule has 0 heterocycles. The van der Waals surface area contributed by atoms with Crippen LogP contribution in [0.4, 0.5) is 0 Å². The van der Waals surface area contributed by atoms with Crippen molar-refractivity contribution in [3.05, 3.63) is 48.0 Å². The molecule has 0 unspecified atom stereocenters. The zero-order valence-electron chi connectivity index (χ0n) is 8.88. The Hall–Kier alpha value is -2.19. The fourth-order valence-electron chi connectivity index (χ4n) is 0.913. The van der Waals surface area contributed by atoms with Gasteiger partial charge < -0.3 is 4.74 Å². The van der Waals surface area contributed by atoms with Crippen molar-refractivity contribution in [2.45, 2.75) is 13.5 Å². The lowest BCUT2D eigenvalue weighted by Crippen LogP contribution is -2.00. The smallest absolute Gasteiger partial charge is 0.373 e. The molecule has 1 aromatic rings. The fourth-order valence-corrected chi connectivity index (χ4v) is 0.913. The number of hydrogen-bond acceptors (Lipinski definition) is 4. The molecule has 0 aliphatic rings. The summed E-state index contributed by atoms with van der Waals surface area (Å²) >= 11 is 0. The summed E-state index contributed by atoms with van der Waals surface area (Å²) < 4.78 is 4.94. The van der Waals surface area contributed by atoms with E-state index < -0.39 is 0 Å². The van der Waals surface area contributed by atoms with Gasteiger partial charge >= 0.3 is 12.1 Å². The second-order valence-electron chi connectivity index (χ2n) is 2.68. The highest BCUT2D eigenvalue weighted by Gasteiger charge is 1.96. The van der Waals surface area contributed by atoms with E-state index in [0.29, 0.717) is 6.61 Å². The van der Waals surface area contributed by atoms with E-state index in [4.69, 9.17) is 14.3 Å². The van der Waals surface area contributed by atoms with Gasteiger partial charge in [0.25, 0.3) is 0 Å². The van der Waals surface area contributed by atoms with Crippen molar-refractivity contribution in [1.29, 1.82) is 0 Å². The van der Waals surface area contributed by atoms with Crippen LogP contribution in [0.2, 0.25) is 0 Å². The lowest BCUT2D eigenvalue weighted by Gasteiger charge is -2.00. The van der Waals surface area contributed by atoms with Crippen LogP contribution in [-0.2, 0) is 25.7 Å². The van der Waals surface area contributed by atoms with Gasteiger partial charge in [0.05, 0.1) is 0 Å². The first-order valence-corrected chi connectivity index (χ1v) is 4.57. The first-order chi connectivity index (χ1) is 7.74. The molecule has 16 heavy (non-hydrogen) atoms. The van der Waals surface area contributed by atoms with Crippen molar-refractivity contribution < 1.29 is 19.1 Å². The van der Waals surface area contributed by atoms with E-state index in [-0.39, 0.29) is 12.1 Å². The number of esters is 1. The molecule has 0 bridgehead atoms. The van der Waals surface area contributed by atoms with Crippen molar-refractivity contribution >= 4 is 12.1 Å². The van der Waals surface area contributed by atoms with E-state index in [9.17, 15) is 4.79 Å². The Kier molecular flexibility index (Phi) is 8.09. The summed E-state index contributed by atoms with van der Waals surface area (Å²) in [7, 11) is 0. The second kappa shape index (κ2) is 9.37. The fraction of sp³-hybridized carbons (Fsp3) is 0.167. The first kappa shape index (κ1) is 13.8. The van der Waals surface area contributed by atoms with E-state index in [2.05, 4.69) is 0 Å². The third kappa shape index (κ3) is 7.24. The molecule has 4 nitrogen and oxygen atoms in total. The molecule has 1 aromatic carbocycles. The lowest BCUT2D eigenvalue weighted by atomic mass is 10.2. The molecule has 0 radical (unpaired) electrons. The average Bonchev–Trinajstić information content (AvgIpc) is 2.29. The van der Waals surface area contributed by atoms with Crippen LogP contribution >= 0.6 is 0 Å². The van der Waals surface area contributed by atoms with Gasteiger partial charge in [-0.05, 0) is 12.5 Å². The molecule has 0 aliphatic heterocycles. The summed E-state index contributed by atoms with van der Waals surface area (Å²) in [5, 5.41) is 0. The Balaban J connectivity index is 0.000000673. The van der Waals surface area contributed by atoms with Crippen LogP contribution < -0.4 is 0 Å². The minimum atomic E-state index is -0.300. The molecule has 84 valence electrons. The van der Waals surface area contributed by atoms with Crippen molar-refractivity contribution in [2.24, 2.45) is 0 Å². The third-order valence-electron chi connectivity index (χ3n) is 1.53. The van der Waals surface area contributed by atoms with Crippen LogP contribution in [0.5, 0.6) is 0 Å². The van der Waals surface area contributed by atoms with E-state index in [1.54, 1.807) is 13.0 Å². The summed E-state index contributed by atoms with van der Waals surface area (Å²) in [6.07, 6.45) is 3.32. The van der Waals surface area contributed by atoms with Gasteiger partial charge in [0, 0.05) is 6.08 Å². The number of carbonyl (C=O) groups excluding carboxylic acids is 3. The van der Waals surface area contributed by atoms with Crippen LogP contribution in [0.15, 0.2) is 42.5 Å². The molecule has 0 aliphatic carbocycles. The molecule has 4 heteroatoms. The van der Waals surface area contributed by atoms with Gasteiger partial charge in [-0.2, -0.15) is 9.59 Å². The normalized spacial score (nSPS) is 8.81.